The Bertz CT molecular complexity index is 724. The topological polar surface area (TPSA) is 3.24 Å². The lowest BCUT2D eigenvalue weighted by Crippen LogP contribution is -2.07. The van der Waals surface area contributed by atoms with Crippen molar-refractivity contribution in [3.8, 4) is 0 Å². The smallest absolute Gasteiger partial charge is 0.0483 e. The fraction of sp³-hybridized carbons (Fsp3) is 0.0526. The minimum Gasteiger partial charge on any atom is -0.351 e. The summed E-state index contributed by atoms with van der Waals surface area (Å²) in [4.78, 5) is 2.16. The number of fused-ring (bicyclic) bond motifs is 1. The van der Waals surface area contributed by atoms with E-state index in [1.807, 2.05) is 6.07 Å². The largest absolute Gasteiger partial charge is 0.351 e. The van der Waals surface area contributed by atoms with Gasteiger partial charge in [-0.25, -0.2) is 0 Å². The van der Waals surface area contributed by atoms with Gasteiger partial charge in [0.1, 0.15) is 0 Å². The highest BCUT2D eigenvalue weighted by atomic mass is 15.1. The molecule has 0 aromatic heterocycles. The third kappa shape index (κ3) is 2.57. The van der Waals surface area contributed by atoms with Crippen LogP contribution < -0.4 is 4.90 Å². The van der Waals surface area contributed by atoms with Gasteiger partial charge in [0.15, 0.2) is 0 Å². The third-order valence-electron chi connectivity index (χ3n) is 3.44. The van der Waals surface area contributed by atoms with E-state index in [4.69, 9.17) is 0 Å². The van der Waals surface area contributed by atoms with Crippen LogP contribution in [0, 0.1) is 0 Å². The van der Waals surface area contributed by atoms with E-state index in [-0.39, 0.29) is 0 Å². The van der Waals surface area contributed by atoms with Gasteiger partial charge in [-0.1, -0.05) is 66.7 Å². The van der Waals surface area contributed by atoms with Crippen molar-refractivity contribution in [1.82, 2.24) is 0 Å². The molecule has 0 radical (unpaired) electrons. The average molecular weight is 259 g/mol. The normalized spacial score (nSPS) is 11.1. The monoisotopic (exact) mass is 259 g/mol. The Balaban J connectivity index is 1.93. The minimum atomic E-state index is 1.21. The van der Waals surface area contributed by atoms with E-state index in [9.17, 15) is 0 Å². The van der Waals surface area contributed by atoms with Gasteiger partial charge in [-0.15, -0.1) is 0 Å². The summed E-state index contributed by atoms with van der Waals surface area (Å²) < 4.78 is 0. The van der Waals surface area contributed by atoms with E-state index in [0.717, 1.165) is 0 Å². The van der Waals surface area contributed by atoms with Crippen molar-refractivity contribution in [3.05, 3.63) is 84.6 Å². The molecule has 0 aliphatic rings. The van der Waals surface area contributed by atoms with Crippen LogP contribution in [0.15, 0.2) is 79.0 Å². The molecule has 0 N–H and O–H groups in total. The van der Waals surface area contributed by atoms with Crippen LogP contribution in [-0.2, 0) is 0 Å². The first-order chi connectivity index (χ1) is 9.84. The van der Waals surface area contributed by atoms with Crippen LogP contribution in [0.5, 0.6) is 0 Å². The Morgan fingerprint density at radius 2 is 1.45 bits per heavy atom. The van der Waals surface area contributed by atoms with Crippen LogP contribution >= 0.6 is 0 Å². The Kier molecular flexibility index (Phi) is 3.51. The Morgan fingerprint density at radius 1 is 0.750 bits per heavy atom. The molecule has 1 nitrogen and oxygen atoms in total. The molecule has 3 aromatic carbocycles. The average Bonchev–Trinajstić information content (AvgIpc) is 2.53. The fourth-order valence-electron chi connectivity index (χ4n) is 2.36. The van der Waals surface area contributed by atoms with Crippen LogP contribution in [0.25, 0.3) is 16.8 Å². The molecule has 0 spiro atoms. The van der Waals surface area contributed by atoms with Crippen molar-refractivity contribution < 1.29 is 0 Å². The van der Waals surface area contributed by atoms with E-state index < -0.39 is 0 Å². The number of hydrogen-bond acceptors (Lipinski definition) is 1. The molecule has 0 bridgehead atoms. The zero-order chi connectivity index (χ0) is 13.8. The molecular weight excluding hydrogens is 242 g/mol. The van der Waals surface area contributed by atoms with Crippen LogP contribution in [0.2, 0.25) is 0 Å². The lowest BCUT2D eigenvalue weighted by Gasteiger charge is -2.16. The predicted molar refractivity (Wildman–Crippen MR) is 87.8 cm³/mol. The van der Waals surface area contributed by atoms with E-state index in [1.165, 1.54) is 22.0 Å². The Labute approximate surface area is 119 Å². The Morgan fingerprint density at radius 3 is 2.30 bits per heavy atom. The SMILES string of the molecule is CN(C=Cc1ccccc1)c1cccc2ccccc12. The molecule has 0 unspecified atom stereocenters. The van der Waals surface area contributed by atoms with Crippen LogP contribution in [0.1, 0.15) is 5.56 Å². The van der Waals surface area contributed by atoms with Crippen LogP contribution in [0.4, 0.5) is 5.69 Å². The molecule has 3 rings (SSSR count). The molecule has 0 aliphatic heterocycles. The van der Waals surface area contributed by atoms with Crippen molar-refractivity contribution in [2.45, 2.75) is 0 Å². The third-order valence-corrected chi connectivity index (χ3v) is 3.44. The summed E-state index contributed by atoms with van der Waals surface area (Å²) in [5.41, 5.74) is 2.43. The van der Waals surface area contributed by atoms with Gasteiger partial charge >= 0.3 is 0 Å². The van der Waals surface area contributed by atoms with Crippen molar-refractivity contribution in [3.63, 3.8) is 0 Å². The number of anilines is 1. The molecule has 0 saturated heterocycles. The molecule has 3 aromatic rings. The van der Waals surface area contributed by atoms with Gasteiger partial charge in [0, 0.05) is 24.3 Å². The highest BCUT2D eigenvalue weighted by molar-refractivity contribution is 5.94. The molecule has 98 valence electrons. The van der Waals surface area contributed by atoms with Gasteiger partial charge in [0.25, 0.3) is 0 Å². The highest BCUT2D eigenvalue weighted by Gasteiger charge is 2.02. The summed E-state index contributed by atoms with van der Waals surface area (Å²) >= 11 is 0. The van der Waals surface area contributed by atoms with E-state index >= 15 is 0 Å². The van der Waals surface area contributed by atoms with E-state index in [2.05, 4.69) is 91.0 Å². The molecule has 0 amide bonds. The second-order valence-corrected chi connectivity index (χ2v) is 4.84. The quantitative estimate of drug-likeness (QED) is 0.643. The van der Waals surface area contributed by atoms with Crippen molar-refractivity contribution in [1.29, 1.82) is 0 Å². The van der Waals surface area contributed by atoms with Crippen molar-refractivity contribution in [2.24, 2.45) is 0 Å². The van der Waals surface area contributed by atoms with Gasteiger partial charge in [0.05, 0.1) is 0 Å². The molecule has 1 heteroatoms. The highest BCUT2D eigenvalue weighted by Crippen LogP contribution is 2.26. The van der Waals surface area contributed by atoms with Gasteiger partial charge in [0.2, 0.25) is 0 Å². The summed E-state index contributed by atoms with van der Waals surface area (Å²) in [5, 5.41) is 2.54. The predicted octanol–water partition coefficient (Wildman–Crippen LogP) is 4.95. The number of rotatable bonds is 3. The summed E-state index contributed by atoms with van der Waals surface area (Å²) in [5.74, 6) is 0. The molecule has 0 aliphatic carbocycles. The zero-order valence-corrected chi connectivity index (χ0v) is 11.5. The van der Waals surface area contributed by atoms with Gasteiger partial charge < -0.3 is 4.90 Å². The first kappa shape index (κ1) is 12.5. The molecule has 0 heterocycles. The summed E-state index contributed by atoms with van der Waals surface area (Å²) in [6.07, 6.45) is 4.23. The number of benzene rings is 3. The van der Waals surface area contributed by atoms with Crippen LogP contribution in [0.3, 0.4) is 0 Å². The molecule has 0 atom stereocenters. The summed E-state index contributed by atoms with van der Waals surface area (Å²) in [6.45, 7) is 0. The molecular formula is C19H17N. The number of hydrogen-bond donors (Lipinski definition) is 0. The standard InChI is InChI=1S/C19H17N/c1-20(15-14-16-8-3-2-4-9-16)19-13-7-11-17-10-5-6-12-18(17)19/h2-15H,1H3. The number of nitrogens with zero attached hydrogens (tertiary/aromatic N) is 1. The summed E-state index contributed by atoms with van der Waals surface area (Å²) in [6, 6.07) is 25.2. The molecule has 0 saturated carbocycles. The van der Waals surface area contributed by atoms with Crippen molar-refractivity contribution >= 4 is 22.5 Å². The van der Waals surface area contributed by atoms with E-state index in [0.29, 0.717) is 0 Å². The zero-order valence-electron chi connectivity index (χ0n) is 11.5. The van der Waals surface area contributed by atoms with Gasteiger partial charge in [-0.2, -0.15) is 0 Å². The Hall–Kier alpha value is -2.54. The second kappa shape index (κ2) is 5.62. The summed E-state index contributed by atoms with van der Waals surface area (Å²) in [7, 11) is 2.08. The first-order valence-corrected chi connectivity index (χ1v) is 6.78. The lowest BCUT2D eigenvalue weighted by atomic mass is 10.1. The van der Waals surface area contributed by atoms with E-state index in [1.54, 1.807) is 0 Å². The molecule has 20 heavy (non-hydrogen) atoms. The van der Waals surface area contributed by atoms with Crippen molar-refractivity contribution in [2.75, 3.05) is 11.9 Å². The fourth-order valence-corrected chi connectivity index (χ4v) is 2.36. The van der Waals surface area contributed by atoms with Crippen LogP contribution in [-0.4, -0.2) is 7.05 Å². The van der Waals surface area contributed by atoms with Gasteiger partial charge in [-0.05, 0) is 23.1 Å². The second-order valence-electron chi connectivity index (χ2n) is 4.84. The minimum absolute atomic E-state index is 1.21. The maximum absolute atomic E-state index is 2.16. The maximum atomic E-state index is 2.16. The maximum Gasteiger partial charge on any atom is 0.0483 e. The van der Waals surface area contributed by atoms with Gasteiger partial charge in [-0.3, -0.25) is 0 Å². The molecule has 0 fully saturated rings. The lowest BCUT2D eigenvalue weighted by molar-refractivity contribution is 1.23. The first-order valence-electron chi connectivity index (χ1n) is 6.78.